The molecule has 1 amide bonds. The van der Waals surface area contributed by atoms with Gasteiger partial charge in [0.2, 0.25) is 5.91 Å². The van der Waals surface area contributed by atoms with Crippen molar-refractivity contribution in [1.29, 1.82) is 0 Å². The minimum absolute atomic E-state index is 0.0632. The predicted molar refractivity (Wildman–Crippen MR) is 50.9 cm³/mol. The Kier molecular flexibility index (Phi) is 2.11. The van der Waals surface area contributed by atoms with Crippen LogP contribution in [0.4, 0.5) is 5.82 Å². The normalized spacial score (nSPS) is 22.8. The van der Waals surface area contributed by atoms with Gasteiger partial charge in [-0.25, -0.2) is 0 Å². The topological polar surface area (TPSA) is 46.3 Å². The van der Waals surface area contributed by atoms with Crippen molar-refractivity contribution in [2.45, 2.75) is 18.2 Å². The number of hydrogen-bond acceptors (Lipinski definition) is 3. The van der Waals surface area contributed by atoms with Gasteiger partial charge in [0.25, 0.3) is 0 Å². The van der Waals surface area contributed by atoms with Gasteiger partial charge in [0, 0.05) is 12.6 Å². The number of carbonyl (C=O) groups is 1. The molecule has 1 aliphatic heterocycles. The highest BCUT2D eigenvalue weighted by Gasteiger charge is 2.31. The summed E-state index contributed by atoms with van der Waals surface area (Å²) >= 11 is 3.30. The minimum Gasteiger partial charge on any atom is -0.360 e. The van der Waals surface area contributed by atoms with Crippen molar-refractivity contribution in [3.8, 4) is 0 Å². The summed E-state index contributed by atoms with van der Waals surface area (Å²) in [5, 5.41) is 3.79. The van der Waals surface area contributed by atoms with Gasteiger partial charge in [-0.2, -0.15) is 0 Å². The summed E-state index contributed by atoms with van der Waals surface area (Å²) < 4.78 is 4.90. The fourth-order valence-electron chi connectivity index (χ4n) is 1.35. The molecule has 0 spiro atoms. The van der Waals surface area contributed by atoms with Crippen LogP contribution in [-0.4, -0.2) is 22.4 Å². The minimum atomic E-state index is -0.0653. The highest BCUT2D eigenvalue weighted by molar-refractivity contribution is 9.10. The highest BCUT2D eigenvalue weighted by Crippen LogP contribution is 2.24. The van der Waals surface area contributed by atoms with Crippen LogP contribution in [-0.2, 0) is 4.79 Å². The molecule has 4 nitrogen and oxygen atoms in total. The van der Waals surface area contributed by atoms with Crippen molar-refractivity contribution in [1.82, 2.24) is 5.16 Å². The van der Waals surface area contributed by atoms with Gasteiger partial charge in [0.05, 0.1) is 4.83 Å². The largest absolute Gasteiger partial charge is 0.360 e. The van der Waals surface area contributed by atoms with E-state index < -0.39 is 0 Å². The van der Waals surface area contributed by atoms with Crippen LogP contribution in [0.3, 0.4) is 0 Å². The third kappa shape index (κ3) is 1.48. The van der Waals surface area contributed by atoms with Crippen LogP contribution in [0.25, 0.3) is 0 Å². The van der Waals surface area contributed by atoms with Crippen molar-refractivity contribution in [2.75, 3.05) is 11.4 Å². The molecule has 2 heterocycles. The molecule has 1 aromatic heterocycles. The second kappa shape index (κ2) is 3.14. The number of halogens is 1. The summed E-state index contributed by atoms with van der Waals surface area (Å²) in [4.78, 5) is 13.1. The summed E-state index contributed by atoms with van der Waals surface area (Å²) in [6.45, 7) is 2.52. The van der Waals surface area contributed by atoms with E-state index in [2.05, 4.69) is 21.1 Å². The first kappa shape index (κ1) is 8.74. The monoisotopic (exact) mass is 244 g/mol. The molecule has 0 aromatic carbocycles. The van der Waals surface area contributed by atoms with E-state index in [0.717, 1.165) is 12.2 Å². The maximum atomic E-state index is 11.5. The van der Waals surface area contributed by atoms with Gasteiger partial charge in [0.15, 0.2) is 5.82 Å². The number of nitrogens with zero attached hydrogens (tertiary/aromatic N) is 2. The van der Waals surface area contributed by atoms with Crippen LogP contribution in [0.2, 0.25) is 0 Å². The molecular weight excluding hydrogens is 236 g/mol. The molecule has 5 heteroatoms. The molecule has 1 atom stereocenters. The highest BCUT2D eigenvalue weighted by atomic mass is 79.9. The van der Waals surface area contributed by atoms with E-state index in [4.69, 9.17) is 4.52 Å². The van der Waals surface area contributed by atoms with Crippen molar-refractivity contribution >= 4 is 27.7 Å². The predicted octanol–water partition coefficient (Wildman–Crippen LogP) is 1.48. The number of anilines is 1. The third-order valence-electron chi connectivity index (χ3n) is 2.03. The number of rotatable bonds is 1. The fourth-order valence-corrected chi connectivity index (χ4v) is 1.81. The molecule has 1 fully saturated rings. The molecule has 1 saturated heterocycles. The van der Waals surface area contributed by atoms with E-state index in [1.54, 1.807) is 11.0 Å². The SMILES string of the molecule is Cc1cc(N2CC[C@H](Br)C2=O)no1. The molecule has 70 valence electrons. The Morgan fingerprint density at radius 3 is 3.00 bits per heavy atom. The Bertz CT molecular complexity index is 337. The van der Waals surface area contributed by atoms with Gasteiger partial charge in [-0.05, 0) is 13.3 Å². The smallest absolute Gasteiger partial charge is 0.242 e. The number of aromatic nitrogens is 1. The maximum Gasteiger partial charge on any atom is 0.242 e. The van der Waals surface area contributed by atoms with Crippen LogP contribution >= 0.6 is 15.9 Å². The molecule has 0 saturated carbocycles. The van der Waals surface area contributed by atoms with Crippen LogP contribution in [0.1, 0.15) is 12.2 Å². The fraction of sp³-hybridized carbons (Fsp3) is 0.500. The maximum absolute atomic E-state index is 11.5. The Hall–Kier alpha value is -0.840. The molecule has 1 aromatic rings. The summed E-state index contributed by atoms with van der Waals surface area (Å²) in [7, 11) is 0. The Labute approximate surface area is 84.0 Å². The van der Waals surface area contributed by atoms with Crippen molar-refractivity contribution in [3.05, 3.63) is 11.8 Å². The number of hydrogen-bond donors (Lipinski definition) is 0. The van der Waals surface area contributed by atoms with E-state index >= 15 is 0 Å². The van der Waals surface area contributed by atoms with Gasteiger partial charge in [-0.1, -0.05) is 21.1 Å². The molecule has 1 aliphatic rings. The lowest BCUT2D eigenvalue weighted by Gasteiger charge is -2.10. The first-order valence-electron chi connectivity index (χ1n) is 4.07. The van der Waals surface area contributed by atoms with E-state index in [1.807, 2.05) is 6.92 Å². The third-order valence-corrected chi connectivity index (χ3v) is 2.88. The Morgan fingerprint density at radius 1 is 1.77 bits per heavy atom. The zero-order valence-corrected chi connectivity index (χ0v) is 8.74. The average Bonchev–Trinajstić information content (AvgIpc) is 2.62. The average molecular weight is 245 g/mol. The standard InChI is InChI=1S/C8H9BrN2O2/c1-5-4-7(10-13-5)11-3-2-6(9)8(11)12/h4,6H,2-3H2,1H3/t6-/m0/s1. The quantitative estimate of drug-likeness (QED) is 0.704. The number of aryl methyl sites for hydroxylation is 1. The van der Waals surface area contributed by atoms with Gasteiger partial charge in [-0.3, -0.25) is 9.69 Å². The zero-order chi connectivity index (χ0) is 9.42. The lowest BCUT2D eigenvalue weighted by atomic mass is 10.4. The molecule has 0 radical (unpaired) electrons. The lowest BCUT2D eigenvalue weighted by molar-refractivity contribution is -0.116. The van der Waals surface area contributed by atoms with E-state index in [1.165, 1.54) is 0 Å². The van der Waals surface area contributed by atoms with E-state index in [-0.39, 0.29) is 10.7 Å². The number of alkyl halides is 1. The summed E-state index contributed by atoms with van der Waals surface area (Å²) in [6.07, 6.45) is 0.824. The van der Waals surface area contributed by atoms with Gasteiger partial charge >= 0.3 is 0 Å². The summed E-state index contributed by atoms with van der Waals surface area (Å²) in [5.74, 6) is 1.40. The molecule has 13 heavy (non-hydrogen) atoms. The molecular formula is C8H9BrN2O2. The van der Waals surface area contributed by atoms with Crippen LogP contribution in [0.15, 0.2) is 10.6 Å². The zero-order valence-electron chi connectivity index (χ0n) is 7.16. The van der Waals surface area contributed by atoms with Crippen molar-refractivity contribution < 1.29 is 9.32 Å². The molecule has 0 unspecified atom stereocenters. The van der Waals surface area contributed by atoms with Crippen LogP contribution < -0.4 is 4.90 Å². The molecule has 0 aliphatic carbocycles. The van der Waals surface area contributed by atoms with Gasteiger partial charge in [-0.15, -0.1) is 0 Å². The molecule has 2 rings (SSSR count). The molecule has 0 bridgehead atoms. The second-order valence-electron chi connectivity index (χ2n) is 3.04. The summed E-state index contributed by atoms with van der Waals surface area (Å²) in [5.41, 5.74) is 0. The van der Waals surface area contributed by atoms with Crippen LogP contribution in [0, 0.1) is 6.92 Å². The van der Waals surface area contributed by atoms with E-state index in [0.29, 0.717) is 12.4 Å². The lowest BCUT2D eigenvalue weighted by Crippen LogP contribution is -2.27. The van der Waals surface area contributed by atoms with Crippen molar-refractivity contribution in [2.24, 2.45) is 0 Å². The Morgan fingerprint density at radius 2 is 2.54 bits per heavy atom. The molecule has 0 N–H and O–H groups in total. The first-order valence-corrected chi connectivity index (χ1v) is 4.99. The number of amides is 1. The first-order chi connectivity index (χ1) is 6.18. The second-order valence-corrected chi connectivity index (χ2v) is 4.15. The number of carbonyl (C=O) groups excluding carboxylic acids is 1. The Balaban J connectivity index is 2.23. The van der Waals surface area contributed by atoms with Crippen molar-refractivity contribution in [3.63, 3.8) is 0 Å². The van der Waals surface area contributed by atoms with E-state index in [9.17, 15) is 4.79 Å². The van der Waals surface area contributed by atoms with Gasteiger partial charge < -0.3 is 4.52 Å². The summed E-state index contributed by atoms with van der Waals surface area (Å²) in [6, 6.07) is 1.77. The van der Waals surface area contributed by atoms with Crippen LogP contribution in [0.5, 0.6) is 0 Å². The van der Waals surface area contributed by atoms with Gasteiger partial charge in [0.1, 0.15) is 5.76 Å².